The molecule has 5 heteroatoms. The number of nitrogens with one attached hydrogen (secondary N) is 1. The Kier molecular flexibility index (Phi) is 4.09. The van der Waals surface area contributed by atoms with Gasteiger partial charge in [0.05, 0.1) is 12.1 Å². The maximum absolute atomic E-state index is 14.2. The number of aliphatic carboxylic acids is 1. The fourth-order valence-electron chi connectivity index (χ4n) is 2.88. The molecule has 2 N–H and O–H groups in total. The molecule has 0 amide bonds. The van der Waals surface area contributed by atoms with Crippen molar-refractivity contribution in [1.82, 2.24) is 4.98 Å². The highest BCUT2D eigenvalue weighted by Gasteiger charge is 2.19. The topological polar surface area (TPSA) is 53.1 Å². The van der Waals surface area contributed by atoms with Gasteiger partial charge in [-0.05, 0) is 41.3 Å². The van der Waals surface area contributed by atoms with Crippen molar-refractivity contribution < 1.29 is 18.7 Å². The van der Waals surface area contributed by atoms with Crippen molar-refractivity contribution in [2.75, 3.05) is 0 Å². The van der Waals surface area contributed by atoms with E-state index in [2.05, 4.69) is 4.98 Å². The van der Waals surface area contributed by atoms with Crippen LogP contribution in [0.15, 0.2) is 36.4 Å². The minimum atomic E-state index is -1.00. The average Bonchev–Trinajstić information content (AvgIpc) is 2.84. The van der Waals surface area contributed by atoms with E-state index in [9.17, 15) is 18.7 Å². The molecule has 0 radical (unpaired) electrons. The van der Waals surface area contributed by atoms with Gasteiger partial charge in [0.1, 0.15) is 11.6 Å². The number of hydrogen-bond acceptors (Lipinski definition) is 1. The monoisotopic (exact) mass is 329 g/mol. The first-order chi connectivity index (χ1) is 11.4. The molecule has 0 aliphatic carbocycles. The van der Waals surface area contributed by atoms with Crippen LogP contribution in [0.5, 0.6) is 0 Å². The zero-order chi connectivity index (χ0) is 17.4. The number of hydrogen-bond donors (Lipinski definition) is 2. The summed E-state index contributed by atoms with van der Waals surface area (Å²) in [7, 11) is 0. The summed E-state index contributed by atoms with van der Waals surface area (Å²) in [6.07, 6.45) is -0.242. The second kappa shape index (κ2) is 6.07. The van der Waals surface area contributed by atoms with Gasteiger partial charge in [0.2, 0.25) is 0 Å². The minimum Gasteiger partial charge on any atom is -0.481 e. The van der Waals surface area contributed by atoms with Crippen molar-refractivity contribution in [2.45, 2.75) is 26.2 Å². The van der Waals surface area contributed by atoms with E-state index >= 15 is 0 Å². The third-order valence-electron chi connectivity index (χ3n) is 4.13. The predicted octanol–water partition coefficient (Wildman–Crippen LogP) is 4.86. The van der Waals surface area contributed by atoms with Crippen molar-refractivity contribution in [2.24, 2.45) is 0 Å². The number of carbonyl (C=O) groups is 1. The van der Waals surface area contributed by atoms with Crippen LogP contribution in [0.4, 0.5) is 8.78 Å². The standard InChI is InChI=1S/C19H17F2NO2/c1-10(2)11-3-6-17-14(7-11)15(9-18(23)24)19(22-17)13-5-4-12(20)8-16(13)21/h3-8,10,22H,9H2,1-2H3,(H,23,24). The van der Waals surface area contributed by atoms with Gasteiger partial charge in [0.25, 0.3) is 0 Å². The largest absolute Gasteiger partial charge is 0.481 e. The molecule has 0 aliphatic heterocycles. The van der Waals surface area contributed by atoms with E-state index in [1.807, 2.05) is 32.0 Å². The molecule has 0 aliphatic rings. The lowest BCUT2D eigenvalue weighted by Crippen LogP contribution is -2.01. The Labute approximate surface area is 137 Å². The molecule has 0 saturated carbocycles. The fourth-order valence-corrected chi connectivity index (χ4v) is 2.88. The quantitative estimate of drug-likeness (QED) is 0.718. The number of aromatic amines is 1. The number of benzene rings is 2. The molecule has 3 aromatic rings. The summed E-state index contributed by atoms with van der Waals surface area (Å²) in [5, 5.41) is 9.99. The van der Waals surface area contributed by atoms with Crippen LogP contribution in [-0.2, 0) is 11.2 Å². The molecule has 0 saturated heterocycles. The number of aromatic nitrogens is 1. The lowest BCUT2D eigenvalue weighted by molar-refractivity contribution is -0.136. The Bertz CT molecular complexity index is 929. The Morgan fingerprint density at radius 1 is 1.17 bits per heavy atom. The van der Waals surface area contributed by atoms with Gasteiger partial charge in [-0.1, -0.05) is 19.9 Å². The highest BCUT2D eigenvalue weighted by Crippen LogP contribution is 2.34. The summed E-state index contributed by atoms with van der Waals surface area (Å²) >= 11 is 0. The zero-order valence-corrected chi connectivity index (χ0v) is 13.4. The first-order valence-electron chi connectivity index (χ1n) is 7.68. The molecule has 1 heterocycles. The SMILES string of the molecule is CC(C)c1ccc2[nH]c(-c3ccc(F)cc3F)c(CC(=O)O)c2c1. The Hall–Kier alpha value is -2.69. The van der Waals surface area contributed by atoms with Crippen molar-refractivity contribution in [1.29, 1.82) is 0 Å². The Morgan fingerprint density at radius 3 is 2.54 bits per heavy atom. The normalized spacial score (nSPS) is 11.4. The summed E-state index contributed by atoms with van der Waals surface area (Å²) in [4.78, 5) is 14.4. The number of H-pyrrole nitrogens is 1. The molecule has 0 unspecified atom stereocenters. The molecule has 24 heavy (non-hydrogen) atoms. The summed E-state index contributed by atoms with van der Waals surface area (Å²) < 4.78 is 27.4. The molecule has 0 atom stereocenters. The van der Waals surface area contributed by atoms with E-state index in [0.29, 0.717) is 11.3 Å². The van der Waals surface area contributed by atoms with Crippen molar-refractivity contribution in [3.63, 3.8) is 0 Å². The average molecular weight is 329 g/mol. The van der Waals surface area contributed by atoms with Crippen LogP contribution in [0, 0.1) is 11.6 Å². The van der Waals surface area contributed by atoms with E-state index in [1.165, 1.54) is 6.07 Å². The highest BCUT2D eigenvalue weighted by molar-refractivity contribution is 5.94. The Balaban J connectivity index is 2.28. The number of rotatable bonds is 4. The van der Waals surface area contributed by atoms with Crippen LogP contribution in [0.1, 0.15) is 30.9 Å². The highest BCUT2D eigenvalue weighted by atomic mass is 19.1. The van der Waals surface area contributed by atoms with Gasteiger partial charge in [0, 0.05) is 22.5 Å². The maximum atomic E-state index is 14.2. The van der Waals surface area contributed by atoms with Crippen LogP contribution < -0.4 is 0 Å². The van der Waals surface area contributed by atoms with E-state index in [4.69, 9.17) is 0 Å². The molecule has 0 spiro atoms. The number of carboxylic acid groups (broad SMARTS) is 1. The Morgan fingerprint density at radius 2 is 1.92 bits per heavy atom. The molecule has 0 bridgehead atoms. The van der Waals surface area contributed by atoms with E-state index in [0.717, 1.165) is 28.6 Å². The number of carboxylic acids is 1. The van der Waals surface area contributed by atoms with Crippen molar-refractivity contribution >= 4 is 16.9 Å². The van der Waals surface area contributed by atoms with Crippen LogP contribution in [-0.4, -0.2) is 16.1 Å². The molecule has 3 nitrogen and oxygen atoms in total. The zero-order valence-electron chi connectivity index (χ0n) is 13.4. The summed E-state index contributed by atoms with van der Waals surface area (Å²) in [5.41, 5.74) is 2.85. The minimum absolute atomic E-state index is 0.162. The van der Waals surface area contributed by atoms with Crippen molar-refractivity contribution in [3.8, 4) is 11.3 Å². The predicted molar refractivity (Wildman–Crippen MR) is 89.1 cm³/mol. The van der Waals surface area contributed by atoms with Gasteiger partial charge in [0.15, 0.2) is 0 Å². The molecule has 1 aromatic heterocycles. The molecule has 0 fully saturated rings. The molecular formula is C19H17F2NO2. The molecule has 124 valence electrons. The van der Waals surface area contributed by atoms with Crippen LogP contribution in [0.25, 0.3) is 22.2 Å². The lowest BCUT2D eigenvalue weighted by atomic mass is 9.97. The van der Waals surface area contributed by atoms with Gasteiger partial charge < -0.3 is 10.1 Å². The third-order valence-corrected chi connectivity index (χ3v) is 4.13. The first kappa shape index (κ1) is 16.2. The van der Waals surface area contributed by atoms with Gasteiger partial charge >= 0.3 is 5.97 Å². The summed E-state index contributed by atoms with van der Waals surface area (Å²) in [5.74, 6) is -2.12. The fraction of sp³-hybridized carbons (Fsp3) is 0.211. The van der Waals surface area contributed by atoms with Gasteiger partial charge in [-0.15, -0.1) is 0 Å². The van der Waals surface area contributed by atoms with Crippen LogP contribution in [0.3, 0.4) is 0 Å². The van der Waals surface area contributed by atoms with Crippen LogP contribution >= 0.6 is 0 Å². The van der Waals surface area contributed by atoms with E-state index in [-0.39, 0.29) is 17.9 Å². The molecule has 3 rings (SSSR count). The van der Waals surface area contributed by atoms with Gasteiger partial charge in [-0.3, -0.25) is 4.79 Å². The second-order valence-electron chi connectivity index (χ2n) is 6.13. The number of halogens is 2. The molecular weight excluding hydrogens is 312 g/mol. The second-order valence-corrected chi connectivity index (χ2v) is 6.13. The summed E-state index contributed by atoms with van der Waals surface area (Å²) in [6.45, 7) is 4.09. The first-order valence-corrected chi connectivity index (χ1v) is 7.68. The number of fused-ring (bicyclic) bond motifs is 1. The van der Waals surface area contributed by atoms with Gasteiger partial charge in [-0.2, -0.15) is 0 Å². The van der Waals surface area contributed by atoms with Crippen LogP contribution in [0.2, 0.25) is 0 Å². The lowest BCUT2D eigenvalue weighted by Gasteiger charge is -2.06. The smallest absolute Gasteiger partial charge is 0.307 e. The maximum Gasteiger partial charge on any atom is 0.307 e. The summed E-state index contributed by atoms with van der Waals surface area (Å²) in [6, 6.07) is 9.03. The van der Waals surface area contributed by atoms with E-state index in [1.54, 1.807) is 0 Å². The van der Waals surface area contributed by atoms with Gasteiger partial charge in [-0.25, -0.2) is 8.78 Å². The van der Waals surface area contributed by atoms with E-state index < -0.39 is 17.6 Å². The van der Waals surface area contributed by atoms with Crippen molar-refractivity contribution in [3.05, 3.63) is 59.2 Å². The third kappa shape index (κ3) is 2.89. The molecule has 2 aromatic carbocycles.